The fraction of sp³-hybridized carbons (Fsp3) is 0.174. The van der Waals surface area contributed by atoms with E-state index in [9.17, 15) is 14.7 Å². The Morgan fingerprint density at radius 3 is 2.35 bits per heavy atom. The van der Waals surface area contributed by atoms with Crippen LogP contribution in [0.5, 0.6) is 11.5 Å². The van der Waals surface area contributed by atoms with Crippen molar-refractivity contribution in [2.45, 2.75) is 13.0 Å². The maximum atomic E-state index is 13.0. The first-order valence-corrected chi connectivity index (χ1v) is 9.47. The van der Waals surface area contributed by atoms with Crippen LogP contribution >= 0.6 is 0 Å². The maximum absolute atomic E-state index is 13.0. The lowest BCUT2D eigenvalue weighted by atomic mass is 9.95. The maximum Gasteiger partial charge on any atom is 0.301 e. The van der Waals surface area contributed by atoms with Gasteiger partial charge in [0.25, 0.3) is 5.78 Å². The molecule has 4 rings (SSSR count). The number of aryl methyl sites for hydroxylation is 1. The summed E-state index contributed by atoms with van der Waals surface area (Å²) in [7, 11) is 3.05. The van der Waals surface area contributed by atoms with E-state index < -0.39 is 17.7 Å². The molecule has 0 bridgehead atoms. The minimum atomic E-state index is -0.901. The molecule has 31 heavy (non-hydrogen) atoms. The van der Waals surface area contributed by atoms with Crippen molar-refractivity contribution in [3.63, 3.8) is 0 Å². The number of Topliss-reactive ketones (excluding diaryl/α,β-unsaturated/α-hetero) is 1. The van der Waals surface area contributed by atoms with Crippen molar-refractivity contribution in [3.05, 3.63) is 77.1 Å². The molecule has 1 aromatic heterocycles. The third-order valence-corrected chi connectivity index (χ3v) is 5.08. The number of hydrogen-bond donors (Lipinski definition) is 1. The van der Waals surface area contributed by atoms with Crippen molar-refractivity contribution >= 4 is 23.3 Å². The second kappa shape index (κ2) is 7.98. The highest BCUT2D eigenvalue weighted by Crippen LogP contribution is 2.42. The lowest BCUT2D eigenvalue weighted by Crippen LogP contribution is -2.29. The van der Waals surface area contributed by atoms with Gasteiger partial charge >= 0.3 is 5.91 Å². The van der Waals surface area contributed by atoms with Gasteiger partial charge in [0.1, 0.15) is 23.0 Å². The Morgan fingerprint density at radius 1 is 1.03 bits per heavy atom. The Morgan fingerprint density at radius 2 is 1.74 bits per heavy atom. The molecule has 2 heterocycles. The highest BCUT2D eigenvalue weighted by Gasteiger charge is 2.48. The van der Waals surface area contributed by atoms with Gasteiger partial charge in [0.15, 0.2) is 5.82 Å². The van der Waals surface area contributed by atoms with Crippen LogP contribution in [0.25, 0.3) is 5.76 Å². The number of ether oxygens (including phenoxy) is 2. The molecule has 0 spiro atoms. The zero-order chi connectivity index (χ0) is 22.1. The molecule has 1 aliphatic heterocycles. The van der Waals surface area contributed by atoms with Gasteiger partial charge in [-0.1, -0.05) is 29.4 Å². The molecule has 8 heteroatoms. The van der Waals surface area contributed by atoms with E-state index in [2.05, 4.69) is 5.16 Å². The Labute approximate surface area is 178 Å². The molecule has 1 fully saturated rings. The second-order valence-corrected chi connectivity index (χ2v) is 6.97. The Bertz CT molecular complexity index is 1180. The van der Waals surface area contributed by atoms with Gasteiger partial charge in [-0.2, -0.15) is 0 Å². The number of nitrogens with zero attached hydrogens (tertiary/aromatic N) is 2. The zero-order valence-electron chi connectivity index (χ0n) is 17.2. The summed E-state index contributed by atoms with van der Waals surface area (Å²) in [6, 6.07) is 14.2. The molecule has 1 atom stereocenters. The van der Waals surface area contributed by atoms with Crippen LogP contribution in [0.2, 0.25) is 0 Å². The van der Waals surface area contributed by atoms with Crippen LogP contribution in [0.3, 0.4) is 0 Å². The van der Waals surface area contributed by atoms with Crippen LogP contribution in [0.4, 0.5) is 5.82 Å². The number of amides is 1. The first-order chi connectivity index (χ1) is 14.9. The summed E-state index contributed by atoms with van der Waals surface area (Å²) in [4.78, 5) is 27.3. The SMILES string of the molecule is COc1ccc(C2/C(=C(\O)c3cccc(OC)c3)C(=O)C(=O)N2c2cc(C)on2)cc1. The number of carbonyl (C=O) groups excluding carboxylic acids is 2. The summed E-state index contributed by atoms with van der Waals surface area (Å²) in [5.74, 6) is -0.137. The molecule has 1 N–H and O–H groups in total. The summed E-state index contributed by atoms with van der Waals surface area (Å²) in [5.41, 5.74) is 0.904. The molecule has 3 aromatic rings. The van der Waals surface area contributed by atoms with Gasteiger partial charge in [-0.25, -0.2) is 0 Å². The van der Waals surface area contributed by atoms with E-state index in [-0.39, 0.29) is 17.2 Å². The van der Waals surface area contributed by atoms with Crippen molar-refractivity contribution in [2.24, 2.45) is 0 Å². The highest BCUT2D eigenvalue weighted by atomic mass is 16.5. The Balaban J connectivity index is 1.92. The number of rotatable bonds is 5. The second-order valence-electron chi connectivity index (χ2n) is 6.97. The third-order valence-electron chi connectivity index (χ3n) is 5.08. The molecule has 8 nitrogen and oxygen atoms in total. The van der Waals surface area contributed by atoms with Crippen LogP contribution in [-0.4, -0.2) is 36.2 Å². The molecule has 0 aliphatic carbocycles. The van der Waals surface area contributed by atoms with E-state index in [0.29, 0.717) is 28.4 Å². The van der Waals surface area contributed by atoms with E-state index in [1.807, 2.05) is 0 Å². The number of hydrogen-bond acceptors (Lipinski definition) is 7. The fourth-order valence-electron chi connectivity index (χ4n) is 3.56. The van der Waals surface area contributed by atoms with Gasteiger partial charge in [-0.15, -0.1) is 0 Å². The van der Waals surface area contributed by atoms with E-state index in [1.165, 1.54) is 12.0 Å². The number of aliphatic hydroxyl groups is 1. The summed E-state index contributed by atoms with van der Waals surface area (Å²) in [6.07, 6.45) is 0. The summed E-state index contributed by atoms with van der Waals surface area (Å²) < 4.78 is 15.5. The zero-order valence-corrected chi connectivity index (χ0v) is 17.2. The number of aliphatic hydroxyl groups excluding tert-OH is 1. The predicted octanol–water partition coefficient (Wildman–Crippen LogP) is 3.63. The minimum Gasteiger partial charge on any atom is -0.507 e. The smallest absolute Gasteiger partial charge is 0.301 e. The number of benzene rings is 2. The molecular formula is C23H20N2O6. The average molecular weight is 420 g/mol. The van der Waals surface area contributed by atoms with Crippen LogP contribution < -0.4 is 14.4 Å². The van der Waals surface area contributed by atoms with Crippen LogP contribution in [-0.2, 0) is 9.59 Å². The molecular weight excluding hydrogens is 400 g/mol. The summed E-state index contributed by atoms with van der Waals surface area (Å²) in [5, 5.41) is 15.0. The van der Waals surface area contributed by atoms with Gasteiger partial charge in [0.2, 0.25) is 0 Å². The highest BCUT2D eigenvalue weighted by molar-refractivity contribution is 6.51. The number of ketones is 1. The molecule has 158 valence electrons. The van der Waals surface area contributed by atoms with Gasteiger partial charge in [-0.05, 0) is 36.8 Å². The summed E-state index contributed by atoms with van der Waals surface area (Å²) >= 11 is 0. The van der Waals surface area contributed by atoms with Crippen LogP contribution in [0.15, 0.2) is 64.7 Å². The van der Waals surface area contributed by atoms with Crippen molar-refractivity contribution < 1.29 is 28.7 Å². The van der Waals surface area contributed by atoms with Crippen LogP contribution in [0.1, 0.15) is 22.9 Å². The fourth-order valence-corrected chi connectivity index (χ4v) is 3.56. The Hall–Kier alpha value is -4.07. The number of anilines is 1. The third kappa shape index (κ3) is 3.52. The van der Waals surface area contributed by atoms with Gasteiger partial charge in [-0.3, -0.25) is 14.5 Å². The minimum absolute atomic E-state index is 0.0518. The molecule has 0 radical (unpaired) electrons. The Kier molecular flexibility index (Phi) is 5.21. The average Bonchev–Trinajstić information content (AvgIpc) is 3.34. The van der Waals surface area contributed by atoms with Crippen LogP contribution in [0, 0.1) is 6.92 Å². The number of aromatic nitrogens is 1. The standard InChI is InChI=1S/C23H20N2O6/c1-13-11-18(24-31-13)25-20(14-7-9-16(29-2)10-8-14)19(22(27)23(25)28)21(26)15-5-4-6-17(12-15)30-3/h4-12,20,26H,1-3H3/b21-19+. The van der Waals surface area contributed by atoms with E-state index >= 15 is 0 Å². The van der Waals surface area contributed by atoms with E-state index in [1.54, 1.807) is 68.6 Å². The molecule has 1 saturated heterocycles. The van der Waals surface area contributed by atoms with Gasteiger partial charge in [0.05, 0.1) is 25.8 Å². The molecule has 0 saturated carbocycles. The lowest BCUT2D eigenvalue weighted by Gasteiger charge is -2.23. The van der Waals surface area contributed by atoms with Gasteiger partial charge < -0.3 is 19.1 Å². The molecule has 2 aromatic carbocycles. The topological polar surface area (TPSA) is 102 Å². The first kappa shape index (κ1) is 20.2. The lowest BCUT2D eigenvalue weighted by molar-refractivity contribution is -0.132. The molecule has 1 unspecified atom stereocenters. The van der Waals surface area contributed by atoms with Crippen molar-refractivity contribution in [3.8, 4) is 11.5 Å². The quantitative estimate of drug-likeness (QED) is 0.382. The molecule has 1 amide bonds. The van der Waals surface area contributed by atoms with E-state index in [4.69, 9.17) is 14.0 Å². The number of carbonyl (C=O) groups is 2. The molecule has 1 aliphatic rings. The summed E-state index contributed by atoms with van der Waals surface area (Å²) in [6.45, 7) is 1.69. The van der Waals surface area contributed by atoms with Crippen molar-refractivity contribution in [1.82, 2.24) is 5.16 Å². The normalized spacial score (nSPS) is 17.8. The largest absolute Gasteiger partial charge is 0.507 e. The monoisotopic (exact) mass is 420 g/mol. The van der Waals surface area contributed by atoms with Crippen molar-refractivity contribution in [2.75, 3.05) is 19.1 Å². The number of methoxy groups -OCH3 is 2. The van der Waals surface area contributed by atoms with Gasteiger partial charge in [0, 0.05) is 11.6 Å². The van der Waals surface area contributed by atoms with Crippen molar-refractivity contribution in [1.29, 1.82) is 0 Å². The van der Waals surface area contributed by atoms with E-state index in [0.717, 1.165) is 0 Å². The predicted molar refractivity (Wildman–Crippen MR) is 112 cm³/mol. The first-order valence-electron chi connectivity index (χ1n) is 9.47.